The van der Waals surface area contributed by atoms with Gasteiger partial charge in [-0.2, -0.15) is 0 Å². The summed E-state index contributed by atoms with van der Waals surface area (Å²) in [5.74, 6) is 0.421. The van der Waals surface area contributed by atoms with Crippen LogP contribution in [0.1, 0.15) is 28.3 Å². The quantitative estimate of drug-likeness (QED) is 0.762. The van der Waals surface area contributed by atoms with E-state index in [0.29, 0.717) is 42.0 Å². The number of pyridine rings is 2. The van der Waals surface area contributed by atoms with Crippen LogP contribution in [0.5, 0.6) is 5.75 Å². The first-order chi connectivity index (χ1) is 11.6. The molecule has 3 rings (SSSR count). The number of carbonyl (C=O) groups is 1. The lowest BCUT2D eigenvalue weighted by Gasteiger charge is -2.12. The summed E-state index contributed by atoms with van der Waals surface area (Å²) in [6.07, 6.45) is 2.17. The Morgan fingerprint density at radius 1 is 1.42 bits per heavy atom. The Balaban J connectivity index is 1.67. The molecule has 0 radical (unpaired) electrons. The highest BCUT2D eigenvalue weighted by molar-refractivity contribution is 5.95. The van der Waals surface area contributed by atoms with Crippen molar-refractivity contribution in [2.45, 2.75) is 19.8 Å². The lowest BCUT2D eigenvalue weighted by molar-refractivity contribution is 0.0986. The van der Waals surface area contributed by atoms with Crippen LogP contribution >= 0.6 is 0 Å². The molecule has 24 heavy (non-hydrogen) atoms. The summed E-state index contributed by atoms with van der Waals surface area (Å²) in [5, 5.41) is 0. The van der Waals surface area contributed by atoms with E-state index in [2.05, 4.69) is 9.97 Å². The van der Waals surface area contributed by atoms with Gasteiger partial charge in [0.1, 0.15) is 17.3 Å². The fourth-order valence-electron chi connectivity index (χ4n) is 2.56. The van der Waals surface area contributed by atoms with Gasteiger partial charge in [0.25, 0.3) is 0 Å². The summed E-state index contributed by atoms with van der Waals surface area (Å²) in [6.45, 7) is 3.87. The van der Waals surface area contributed by atoms with E-state index >= 15 is 0 Å². The zero-order valence-electron chi connectivity index (χ0n) is 13.5. The van der Waals surface area contributed by atoms with Gasteiger partial charge in [0.2, 0.25) is 0 Å². The second-order valence-electron chi connectivity index (χ2n) is 5.94. The van der Waals surface area contributed by atoms with Gasteiger partial charge in [-0.25, -0.2) is 9.37 Å². The fraction of sp³-hybridized carbons (Fsp3) is 0.389. The van der Waals surface area contributed by atoms with Gasteiger partial charge in [0, 0.05) is 36.0 Å². The van der Waals surface area contributed by atoms with Gasteiger partial charge < -0.3 is 9.47 Å². The molecule has 6 heteroatoms. The zero-order chi connectivity index (χ0) is 16.9. The standard InChI is InChI=1S/C18H19FN2O3/c1-12-6-16(24-11-13-4-5-23-10-13)8-17(21-12)18(22)7-15-3-2-14(19)9-20-15/h2-3,6,8-9,13H,4-5,7,10-11H2,1H3/t13-/m0/s1. The van der Waals surface area contributed by atoms with Crippen molar-refractivity contribution in [2.75, 3.05) is 19.8 Å². The Bertz CT molecular complexity index is 713. The van der Waals surface area contributed by atoms with E-state index in [0.717, 1.165) is 19.2 Å². The molecule has 0 aliphatic carbocycles. The van der Waals surface area contributed by atoms with Crippen molar-refractivity contribution in [3.63, 3.8) is 0 Å². The number of halogens is 1. The smallest absolute Gasteiger partial charge is 0.187 e. The molecular weight excluding hydrogens is 311 g/mol. The number of aryl methyl sites for hydroxylation is 1. The van der Waals surface area contributed by atoms with Crippen LogP contribution in [0.4, 0.5) is 4.39 Å². The summed E-state index contributed by atoms with van der Waals surface area (Å²) < 4.78 is 24.0. The molecule has 5 nitrogen and oxygen atoms in total. The van der Waals surface area contributed by atoms with Crippen LogP contribution in [-0.2, 0) is 11.2 Å². The minimum Gasteiger partial charge on any atom is -0.493 e. The molecular formula is C18H19FN2O3. The van der Waals surface area contributed by atoms with Crippen LogP contribution < -0.4 is 4.74 Å². The molecule has 1 atom stereocenters. The van der Waals surface area contributed by atoms with Crippen molar-refractivity contribution >= 4 is 5.78 Å². The van der Waals surface area contributed by atoms with Crippen molar-refractivity contribution in [1.29, 1.82) is 0 Å². The van der Waals surface area contributed by atoms with Gasteiger partial charge in [-0.1, -0.05) is 0 Å². The average Bonchev–Trinajstić information content (AvgIpc) is 3.08. The summed E-state index contributed by atoms with van der Waals surface area (Å²) in [6, 6.07) is 6.25. The maximum Gasteiger partial charge on any atom is 0.187 e. The number of ether oxygens (including phenoxy) is 2. The largest absolute Gasteiger partial charge is 0.493 e. The number of hydrogen-bond acceptors (Lipinski definition) is 5. The molecule has 2 aromatic rings. The molecule has 3 heterocycles. The highest BCUT2D eigenvalue weighted by Crippen LogP contribution is 2.19. The molecule has 0 saturated carbocycles. The minimum absolute atomic E-state index is 0.0760. The number of hydrogen-bond donors (Lipinski definition) is 0. The molecule has 1 fully saturated rings. The van der Waals surface area contributed by atoms with Gasteiger partial charge in [-0.05, 0) is 25.5 Å². The molecule has 2 aromatic heterocycles. The number of Topliss-reactive ketones (excluding diaryl/α,β-unsaturated/α-hetero) is 1. The monoisotopic (exact) mass is 330 g/mol. The molecule has 1 saturated heterocycles. The number of ketones is 1. The first-order valence-electron chi connectivity index (χ1n) is 7.93. The SMILES string of the molecule is Cc1cc(OC[C@H]2CCOC2)cc(C(=O)Cc2ccc(F)cn2)n1. The predicted octanol–water partition coefficient (Wildman–Crippen LogP) is 2.76. The van der Waals surface area contributed by atoms with E-state index in [9.17, 15) is 9.18 Å². The Hall–Kier alpha value is -2.34. The van der Waals surface area contributed by atoms with Crippen molar-refractivity contribution in [3.05, 3.63) is 53.4 Å². The second-order valence-corrected chi connectivity index (χ2v) is 5.94. The molecule has 0 aromatic carbocycles. The molecule has 0 unspecified atom stereocenters. The minimum atomic E-state index is -0.425. The Kier molecular flexibility index (Phi) is 5.15. The molecule has 0 spiro atoms. The molecule has 126 valence electrons. The predicted molar refractivity (Wildman–Crippen MR) is 85.6 cm³/mol. The average molecular weight is 330 g/mol. The van der Waals surface area contributed by atoms with Crippen LogP contribution in [0.2, 0.25) is 0 Å². The van der Waals surface area contributed by atoms with Crippen LogP contribution in [-0.4, -0.2) is 35.6 Å². The van der Waals surface area contributed by atoms with Gasteiger partial charge in [-0.15, -0.1) is 0 Å². The fourth-order valence-corrected chi connectivity index (χ4v) is 2.56. The van der Waals surface area contributed by atoms with Crippen LogP contribution in [0.3, 0.4) is 0 Å². The Labute approximate surface area is 139 Å². The van der Waals surface area contributed by atoms with Crippen LogP contribution in [0.15, 0.2) is 30.5 Å². The van der Waals surface area contributed by atoms with Gasteiger partial charge in [-0.3, -0.25) is 9.78 Å². The first-order valence-corrected chi connectivity index (χ1v) is 7.93. The van der Waals surface area contributed by atoms with Gasteiger partial charge in [0.15, 0.2) is 5.78 Å². The molecule has 0 N–H and O–H groups in total. The van der Waals surface area contributed by atoms with E-state index in [1.807, 2.05) is 13.0 Å². The van der Waals surface area contributed by atoms with Crippen molar-refractivity contribution in [2.24, 2.45) is 5.92 Å². The Morgan fingerprint density at radius 3 is 3.00 bits per heavy atom. The van der Waals surface area contributed by atoms with Gasteiger partial charge in [0.05, 0.1) is 25.8 Å². The van der Waals surface area contributed by atoms with E-state index in [1.165, 1.54) is 12.1 Å². The molecule has 0 bridgehead atoms. The lowest BCUT2D eigenvalue weighted by atomic mass is 10.1. The summed E-state index contributed by atoms with van der Waals surface area (Å²) >= 11 is 0. The van der Waals surface area contributed by atoms with Crippen molar-refractivity contribution in [1.82, 2.24) is 9.97 Å². The van der Waals surface area contributed by atoms with E-state index < -0.39 is 5.82 Å². The third-order valence-electron chi connectivity index (χ3n) is 3.85. The van der Waals surface area contributed by atoms with Crippen molar-refractivity contribution in [3.8, 4) is 5.75 Å². The first kappa shape index (κ1) is 16.5. The maximum absolute atomic E-state index is 12.9. The topological polar surface area (TPSA) is 61.3 Å². The van der Waals surface area contributed by atoms with E-state index in [4.69, 9.17) is 9.47 Å². The summed E-state index contributed by atoms with van der Waals surface area (Å²) in [4.78, 5) is 20.6. The van der Waals surface area contributed by atoms with Crippen molar-refractivity contribution < 1.29 is 18.7 Å². The summed E-state index contributed by atoms with van der Waals surface area (Å²) in [7, 11) is 0. The van der Waals surface area contributed by atoms with E-state index in [1.54, 1.807) is 6.07 Å². The molecule has 1 aliphatic heterocycles. The zero-order valence-corrected chi connectivity index (χ0v) is 13.5. The second kappa shape index (κ2) is 7.49. The highest BCUT2D eigenvalue weighted by Gasteiger charge is 2.17. The number of nitrogens with zero attached hydrogens (tertiary/aromatic N) is 2. The number of aromatic nitrogens is 2. The van der Waals surface area contributed by atoms with Crippen LogP contribution in [0, 0.1) is 18.7 Å². The lowest BCUT2D eigenvalue weighted by Crippen LogP contribution is -2.13. The number of rotatable bonds is 6. The van der Waals surface area contributed by atoms with Gasteiger partial charge >= 0.3 is 0 Å². The third-order valence-corrected chi connectivity index (χ3v) is 3.85. The van der Waals surface area contributed by atoms with Crippen LogP contribution in [0.25, 0.3) is 0 Å². The molecule has 1 aliphatic rings. The normalized spacial score (nSPS) is 17.0. The Morgan fingerprint density at radius 2 is 2.29 bits per heavy atom. The highest BCUT2D eigenvalue weighted by atomic mass is 19.1. The van der Waals surface area contributed by atoms with E-state index in [-0.39, 0.29) is 12.2 Å². The number of carbonyl (C=O) groups excluding carboxylic acids is 1. The third kappa shape index (κ3) is 4.35. The molecule has 0 amide bonds. The maximum atomic E-state index is 12.9. The summed E-state index contributed by atoms with van der Waals surface area (Å²) in [5.41, 5.74) is 1.56.